The number of amides is 1. The number of fused-ring (bicyclic) bond motifs is 1. The van der Waals surface area contributed by atoms with Gasteiger partial charge in [-0.1, -0.05) is 13.8 Å². The number of carboxylic acid groups (broad SMARTS) is 1. The van der Waals surface area contributed by atoms with Gasteiger partial charge in [-0.15, -0.1) is 0 Å². The van der Waals surface area contributed by atoms with Crippen molar-refractivity contribution in [1.29, 1.82) is 0 Å². The standard InChI is InChI=1S/C14H17NO6/c1-5(2)9(14(20)21)15-4-7-8(13(15)19)6(3)10(16)12(18)11(7)17/h5,9,16-18H,4H2,1-3H3,(H,20,21)/t9-/m0/s1. The molecule has 7 heteroatoms. The van der Waals surface area contributed by atoms with Gasteiger partial charge in [-0.05, 0) is 12.8 Å². The minimum atomic E-state index is -1.14. The molecule has 0 bridgehead atoms. The number of rotatable bonds is 3. The van der Waals surface area contributed by atoms with Gasteiger partial charge in [0.15, 0.2) is 11.5 Å². The molecule has 4 N–H and O–H groups in total. The van der Waals surface area contributed by atoms with E-state index in [1.165, 1.54) is 6.92 Å². The molecule has 0 radical (unpaired) electrons. The Labute approximate surface area is 121 Å². The SMILES string of the molecule is Cc1c(O)c(O)c(O)c2c1C(=O)N([C@H](C(=O)O)C(C)C)C2. The highest BCUT2D eigenvalue weighted by Crippen LogP contribution is 2.46. The first kappa shape index (κ1) is 15.0. The van der Waals surface area contributed by atoms with Crippen molar-refractivity contribution in [3.05, 3.63) is 16.7 Å². The van der Waals surface area contributed by atoms with Crippen LogP contribution in [0.15, 0.2) is 0 Å². The quantitative estimate of drug-likeness (QED) is 0.622. The van der Waals surface area contributed by atoms with Gasteiger partial charge in [0.2, 0.25) is 5.75 Å². The topological polar surface area (TPSA) is 118 Å². The summed E-state index contributed by atoms with van der Waals surface area (Å²) >= 11 is 0. The first-order chi connectivity index (χ1) is 9.68. The van der Waals surface area contributed by atoms with E-state index in [1.807, 2.05) is 0 Å². The molecule has 1 aromatic rings. The molecule has 1 heterocycles. The lowest BCUT2D eigenvalue weighted by atomic mass is 10.0. The normalized spacial score (nSPS) is 15.4. The third-order valence-electron chi connectivity index (χ3n) is 3.79. The molecule has 0 aliphatic carbocycles. The Kier molecular flexibility index (Phi) is 3.44. The zero-order valence-corrected chi connectivity index (χ0v) is 11.9. The van der Waals surface area contributed by atoms with E-state index < -0.39 is 35.2 Å². The Morgan fingerprint density at radius 3 is 2.19 bits per heavy atom. The molecule has 1 amide bonds. The highest BCUT2D eigenvalue weighted by atomic mass is 16.4. The van der Waals surface area contributed by atoms with Gasteiger partial charge >= 0.3 is 5.97 Å². The van der Waals surface area contributed by atoms with Crippen molar-refractivity contribution in [2.45, 2.75) is 33.4 Å². The Bertz CT molecular complexity index is 637. The van der Waals surface area contributed by atoms with Crippen LogP contribution in [0.25, 0.3) is 0 Å². The van der Waals surface area contributed by atoms with Crippen LogP contribution in [0.5, 0.6) is 17.2 Å². The average molecular weight is 295 g/mol. The van der Waals surface area contributed by atoms with Crippen LogP contribution in [0.2, 0.25) is 0 Å². The first-order valence-electron chi connectivity index (χ1n) is 6.48. The molecule has 114 valence electrons. The molecule has 7 nitrogen and oxygen atoms in total. The number of carbonyl (C=O) groups excluding carboxylic acids is 1. The Morgan fingerprint density at radius 2 is 1.71 bits per heavy atom. The zero-order valence-electron chi connectivity index (χ0n) is 11.9. The van der Waals surface area contributed by atoms with Gasteiger partial charge in [-0.2, -0.15) is 0 Å². The largest absolute Gasteiger partial charge is 0.504 e. The van der Waals surface area contributed by atoms with Crippen LogP contribution < -0.4 is 0 Å². The molecule has 0 fully saturated rings. The second kappa shape index (κ2) is 4.83. The van der Waals surface area contributed by atoms with E-state index in [2.05, 4.69) is 0 Å². The summed E-state index contributed by atoms with van der Waals surface area (Å²) in [7, 11) is 0. The van der Waals surface area contributed by atoms with Crippen LogP contribution in [-0.4, -0.2) is 43.2 Å². The van der Waals surface area contributed by atoms with E-state index in [9.17, 15) is 30.0 Å². The van der Waals surface area contributed by atoms with E-state index in [1.54, 1.807) is 13.8 Å². The molecular weight excluding hydrogens is 278 g/mol. The van der Waals surface area contributed by atoms with E-state index in [0.717, 1.165) is 4.90 Å². The number of carbonyl (C=O) groups is 2. The summed E-state index contributed by atoms with van der Waals surface area (Å²) in [4.78, 5) is 24.9. The summed E-state index contributed by atoms with van der Waals surface area (Å²) in [6.45, 7) is 4.66. The van der Waals surface area contributed by atoms with Crippen molar-refractivity contribution in [2.24, 2.45) is 5.92 Å². The first-order valence-corrected chi connectivity index (χ1v) is 6.48. The molecule has 0 spiro atoms. The maximum absolute atomic E-state index is 12.4. The van der Waals surface area contributed by atoms with Crippen LogP contribution in [0.4, 0.5) is 0 Å². The van der Waals surface area contributed by atoms with Crippen LogP contribution in [0.3, 0.4) is 0 Å². The minimum absolute atomic E-state index is 0.0506. The van der Waals surface area contributed by atoms with Crippen molar-refractivity contribution in [3.8, 4) is 17.2 Å². The lowest BCUT2D eigenvalue weighted by Gasteiger charge is -2.27. The highest BCUT2D eigenvalue weighted by molar-refractivity contribution is 6.03. The zero-order chi connectivity index (χ0) is 16.1. The fraction of sp³-hybridized carbons (Fsp3) is 0.429. The van der Waals surface area contributed by atoms with Crippen molar-refractivity contribution in [1.82, 2.24) is 4.90 Å². The van der Waals surface area contributed by atoms with Crippen molar-refractivity contribution < 1.29 is 30.0 Å². The van der Waals surface area contributed by atoms with Crippen LogP contribution in [0, 0.1) is 12.8 Å². The van der Waals surface area contributed by atoms with Gasteiger partial charge in [0.25, 0.3) is 5.91 Å². The minimum Gasteiger partial charge on any atom is -0.504 e. The molecular formula is C14H17NO6. The number of benzene rings is 1. The average Bonchev–Trinajstić information content (AvgIpc) is 2.71. The van der Waals surface area contributed by atoms with Gasteiger partial charge in [0.05, 0.1) is 12.1 Å². The van der Waals surface area contributed by atoms with Crippen molar-refractivity contribution in [3.63, 3.8) is 0 Å². The van der Waals surface area contributed by atoms with E-state index in [-0.39, 0.29) is 29.2 Å². The Morgan fingerprint density at radius 1 is 1.14 bits per heavy atom. The second-order valence-corrected chi connectivity index (χ2v) is 5.48. The fourth-order valence-corrected chi connectivity index (χ4v) is 2.73. The molecule has 2 rings (SSSR count). The number of hydrogen-bond acceptors (Lipinski definition) is 5. The molecule has 1 atom stereocenters. The van der Waals surface area contributed by atoms with Gasteiger partial charge < -0.3 is 25.3 Å². The van der Waals surface area contributed by atoms with Crippen molar-refractivity contribution >= 4 is 11.9 Å². The number of aromatic hydroxyl groups is 3. The predicted octanol–water partition coefficient (Wildman–Crippen LogP) is 1.18. The van der Waals surface area contributed by atoms with Gasteiger partial charge in [-0.25, -0.2) is 4.79 Å². The predicted molar refractivity (Wildman–Crippen MR) is 72.3 cm³/mol. The second-order valence-electron chi connectivity index (χ2n) is 5.48. The number of carboxylic acids is 1. The van der Waals surface area contributed by atoms with Gasteiger partial charge in [0, 0.05) is 11.1 Å². The summed E-state index contributed by atoms with van der Waals surface area (Å²) in [6.07, 6.45) is 0. The summed E-state index contributed by atoms with van der Waals surface area (Å²) in [6, 6.07) is -1.05. The molecule has 21 heavy (non-hydrogen) atoms. The molecule has 0 aromatic heterocycles. The lowest BCUT2D eigenvalue weighted by molar-refractivity contribution is -0.144. The fourth-order valence-electron chi connectivity index (χ4n) is 2.73. The van der Waals surface area contributed by atoms with E-state index in [0.29, 0.717) is 0 Å². The molecule has 0 saturated heterocycles. The third kappa shape index (κ3) is 2.05. The maximum Gasteiger partial charge on any atom is 0.326 e. The smallest absolute Gasteiger partial charge is 0.326 e. The molecule has 0 unspecified atom stereocenters. The highest BCUT2D eigenvalue weighted by Gasteiger charge is 2.41. The van der Waals surface area contributed by atoms with E-state index >= 15 is 0 Å². The van der Waals surface area contributed by atoms with Crippen LogP contribution in [-0.2, 0) is 11.3 Å². The summed E-state index contributed by atoms with van der Waals surface area (Å²) < 4.78 is 0. The Balaban J connectivity index is 2.58. The summed E-state index contributed by atoms with van der Waals surface area (Å²) in [5.74, 6) is -3.90. The number of nitrogens with zero attached hydrogens (tertiary/aromatic N) is 1. The van der Waals surface area contributed by atoms with Gasteiger partial charge in [0.1, 0.15) is 6.04 Å². The Hall–Kier alpha value is -2.44. The molecule has 1 aliphatic heterocycles. The summed E-state index contributed by atoms with van der Waals surface area (Å²) in [5.41, 5.74) is 0.315. The van der Waals surface area contributed by atoms with Crippen LogP contribution >= 0.6 is 0 Å². The number of aliphatic carboxylic acids is 1. The molecule has 1 aromatic carbocycles. The summed E-state index contributed by atoms with van der Waals surface area (Å²) in [5, 5.41) is 38.5. The molecule has 0 saturated carbocycles. The van der Waals surface area contributed by atoms with Gasteiger partial charge in [-0.3, -0.25) is 4.79 Å². The molecule has 1 aliphatic rings. The van der Waals surface area contributed by atoms with E-state index in [4.69, 9.17) is 0 Å². The van der Waals surface area contributed by atoms with Crippen LogP contribution in [0.1, 0.15) is 35.3 Å². The third-order valence-corrected chi connectivity index (χ3v) is 3.79. The van der Waals surface area contributed by atoms with Crippen molar-refractivity contribution in [2.75, 3.05) is 0 Å². The number of phenolic OH excluding ortho intramolecular Hbond substituents is 3. The number of hydrogen-bond donors (Lipinski definition) is 4. The lowest BCUT2D eigenvalue weighted by Crippen LogP contribution is -2.44. The number of phenols is 3. The maximum atomic E-state index is 12.4. The monoisotopic (exact) mass is 295 g/mol.